The van der Waals surface area contributed by atoms with Crippen LogP contribution in [-0.4, -0.2) is 30.6 Å². The summed E-state index contributed by atoms with van der Waals surface area (Å²) < 4.78 is 0. The quantitative estimate of drug-likeness (QED) is 0.739. The Morgan fingerprint density at radius 1 is 1.21 bits per heavy atom. The second-order valence-corrected chi connectivity index (χ2v) is 5.88. The van der Waals surface area contributed by atoms with Crippen LogP contribution in [0.25, 0.3) is 0 Å². The van der Waals surface area contributed by atoms with Gasteiger partial charge in [-0.2, -0.15) is 0 Å². The van der Waals surface area contributed by atoms with Crippen molar-refractivity contribution in [1.29, 1.82) is 0 Å². The first-order valence-electron chi connectivity index (χ1n) is 6.25. The van der Waals surface area contributed by atoms with E-state index in [1.165, 1.54) is 58.2 Å². The Balaban J connectivity index is 1.44. The van der Waals surface area contributed by atoms with Gasteiger partial charge in [-0.15, -0.1) is 0 Å². The van der Waals surface area contributed by atoms with Crippen LogP contribution in [0.3, 0.4) is 0 Å². The molecule has 14 heavy (non-hydrogen) atoms. The maximum Gasteiger partial charge on any atom is 0.0196 e. The Morgan fingerprint density at radius 2 is 1.86 bits per heavy atom. The molecule has 1 saturated heterocycles. The lowest BCUT2D eigenvalue weighted by molar-refractivity contribution is 0.000951. The van der Waals surface area contributed by atoms with Crippen LogP contribution in [0.5, 0.6) is 0 Å². The highest BCUT2D eigenvalue weighted by Crippen LogP contribution is 2.45. The molecule has 0 aromatic heterocycles. The molecule has 2 N–H and O–H groups in total. The molecule has 0 radical (unpaired) electrons. The highest BCUT2D eigenvalue weighted by molar-refractivity contribution is 4.99. The monoisotopic (exact) mass is 194 g/mol. The Bertz CT molecular complexity index is 206. The van der Waals surface area contributed by atoms with E-state index in [4.69, 9.17) is 5.73 Å². The van der Waals surface area contributed by atoms with Crippen LogP contribution in [0.1, 0.15) is 38.5 Å². The Kier molecular flexibility index (Phi) is 2.10. The minimum Gasteiger partial charge on any atom is -0.326 e. The predicted molar refractivity (Wildman–Crippen MR) is 58.0 cm³/mol. The van der Waals surface area contributed by atoms with Crippen molar-refractivity contribution in [3.8, 4) is 0 Å². The van der Waals surface area contributed by atoms with E-state index >= 15 is 0 Å². The van der Waals surface area contributed by atoms with Crippen molar-refractivity contribution in [1.82, 2.24) is 4.90 Å². The van der Waals surface area contributed by atoms with Crippen LogP contribution in [0.4, 0.5) is 0 Å². The van der Waals surface area contributed by atoms with Crippen LogP contribution < -0.4 is 5.73 Å². The number of hydrogen-bond donors (Lipinski definition) is 1. The van der Waals surface area contributed by atoms with Gasteiger partial charge in [0.1, 0.15) is 0 Å². The zero-order valence-electron chi connectivity index (χ0n) is 9.04. The maximum atomic E-state index is 6.13. The number of likely N-dealkylation sites (tertiary alicyclic amines) is 1. The van der Waals surface area contributed by atoms with E-state index in [0.29, 0.717) is 6.04 Å². The molecule has 2 saturated carbocycles. The average molecular weight is 194 g/mol. The highest BCUT2D eigenvalue weighted by atomic mass is 15.2. The number of nitrogens with zero attached hydrogens (tertiary/aromatic N) is 1. The average Bonchev–Trinajstić information content (AvgIpc) is 2.85. The summed E-state index contributed by atoms with van der Waals surface area (Å²) >= 11 is 0. The number of hydrogen-bond acceptors (Lipinski definition) is 2. The predicted octanol–water partition coefficient (Wildman–Crippen LogP) is 1.60. The van der Waals surface area contributed by atoms with Crippen molar-refractivity contribution in [2.75, 3.05) is 19.6 Å². The molecule has 3 rings (SSSR count). The first-order chi connectivity index (χ1) is 6.77. The summed E-state index contributed by atoms with van der Waals surface area (Å²) in [5.41, 5.74) is 6.89. The minimum absolute atomic E-state index is 0.480. The molecule has 1 spiro atoms. The van der Waals surface area contributed by atoms with Crippen molar-refractivity contribution in [3.05, 3.63) is 0 Å². The van der Waals surface area contributed by atoms with Crippen LogP contribution in [0.2, 0.25) is 0 Å². The van der Waals surface area contributed by atoms with Gasteiger partial charge in [-0.3, -0.25) is 0 Å². The van der Waals surface area contributed by atoms with E-state index < -0.39 is 0 Å². The molecular weight excluding hydrogens is 172 g/mol. The summed E-state index contributed by atoms with van der Waals surface area (Å²) in [5, 5.41) is 0. The van der Waals surface area contributed by atoms with Gasteiger partial charge in [0.2, 0.25) is 0 Å². The molecule has 0 aromatic carbocycles. The van der Waals surface area contributed by atoms with E-state index in [1.807, 2.05) is 0 Å². The van der Waals surface area contributed by atoms with Gasteiger partial charge < -0.3 is 10.6 Å². The molecule has 0 bridgehead atoms. The zero-order valence-corrected chi connectivity index (χ0v) is 9.04. The second-order valence-electron chi connectivity index (χ2n) is 5.88. The van der Waals surface area contributed by atoms with Crippen LogP contribution >= 0.6 is 0 Å². The Morgan fingerprint density at radius 3 is 2.43 bits per heavy atom. The third kappa shape index (κ3) is 1.59. The molecule has 0 amide bonds. The Hall–Kier alpha value is -0.0800. The van der Waals surface area contributed by atoms with Crippen LogP contribution in [-0.2, 0) is 0 Å². The molecule has 1 unspecified atom stereocenters. The van der Waals surface area contributed by atoms with E-state index in [0.717, 1.165) is 11.3 Å². The highest BCUT2D eigenvalue weighted by Gasteiger charge is 2.45. The fourth-order valence-corrected chi connectivity index (χ4v) is 3.44. The Labute approximate surface area is 86.8 Å². The summed E-state index contributed by atoms with van der Waals surface area (Å²) in [4.78, 5) is 2.59. The summed E-state index contributed by atoms with van der Waals surface area (Å²) in [6.45, 7) is 3.88. The van der Waals surface area contributed by atoms with E-state index in [1.54, 1.807) is 0 Å². The van der Waals surface area contributed by atoms with E-state index in [9.17, 15) is 0 Å². The molecule has 2 nitrogen and oxygen atoms in total. The van der Waals surface area contributed by atoms with Crippen LogP contribution in [0, 0.1) is 11.3 Å². The van der Waals surface area contributed by atoms with Gasteiger partial charge in [-0.1, -0.05) is 12.8 Å². The van der Waals surface area contributed by atoms with E-state index in [-0.39, 0.29) is 0 Å². The van der Waals surface area contributed by atoms with Gasteiger partial charge in [0.15, 0.2) is 0 Å². The van der Waals surface area contributed by atoms with Crippen molar-refractivity contribution in [2.24, 2.45) is 17.1 Å². The standard InChI is InChI=1S/C12H22N2/c13-11(10-3-4-10)7-14-8-12(9-14)5-1-2-6-12/h10-11H,1-9,13H2. The summed E-state index contributed by atoms with van der Waals surface area (Å²) in [6.07, 6.45) is 8.70. The lowest BCUT2D eigenvalue weighted by Gasteiger charge is -2.49. The maximum absolute atomic E-state index is 6.13. The lowest BCUT2D eigenvalue weighted by Crippen LogP contribution is -2.57. The van der Waals surface area contributed by atoms with Gasteiger partial charge >= 0.3 is 0 Å². The van der Waals surface area contributed by atoms with Gasteiger partial charge in [-0.25, -0.2) is 0 Å². The summed E-state index contributed by atoms with van der Waals surface area (Å²) in [6, 6.07) is 0.480. The van der Waals surface area contributed by atoms with Gasteiger partial charge in [-0.05, 0) is 37.0 Å². The van der Waals surface area contributed by atoms with Gasteiger partial charge in [0.05, 0.1) is 0 Å². The van der Waals surface area contributed by atoms with Crippen molar-refractivity contribution < 1.29 is 0 Å². The molecule has 1 heterocycles. The smallest absolute Gasteiger partial charge is 0.0196 e. The number of rotatable bonds is 3. The molecule has 1 atom stereocenters. The third-order valence-electron chi connectivity index (χ3n) is 4.48. The minimum atomic E-state index is 0.480. The molecule has 3 aliphatic rings. The first kappa shape index (κ1) is 9.17. The normalized spacial score (nSPS) is 33.2. The van der Waals surface area contributed by atoms with Crippen molar-refractivity contribution in [3.63, 3.8) is 0 Å². The largest absolute Gasteiger partial charge is 0.326 e. The van der Waals surface area contributed by atoms with Gasteiger partial charge in [0.25, 0.3) is 0 Å². The van der Waals surface area contributed by atoms with Crippen molar-refractivity contribution in [2.45, 2.75) is 44.6 Å². The molecular formula is C12H22N2. The van der Waals surface area contributed by atoms with Crippen LogP contribution in [0.15, 0.2) is 0 Å². The number of nitrogens with two attached hydrogens (primary N) is 1. The molecule has 1 aliphatic heterocycles. The molecule has 3 fully saturated rings. The fourth-order valence-electron chi connectivity index (χ4n) is 3.44. The summed E-state index contributed by atoms with van der Waals surface area (Å²) in [5.74, 6) is 0.870. The first-order valence-corrected chi connectivity index (χ1v) is 6.25. The van der Waals surface area contributed by atoms with E-state index in [2.05, 4.69) is 4.90 Å². The fraction of sp³-hybridized carbons (Fsp3) is 1.00. The molecule has 2 heteroatoms. The summed E-state index contributed by atoms with van der Waals surface area (Å²) in [7, 11) is 0. The van der Waals surface area contributed by atoms with Gasteiger partial charge in [0, 0.05) is 25.7 Å². The molecule has 0 aromatic rings. The second kappa shape index (κ2) is 3.21. The van der Waals surface area contributed by atoms with Crippen molar-refractivity contribution >= 4 is 0 Å². The zero-order chi connectivity index (χ0) is 9.60. The topological polar surface area (TPSA) is 29.3 Å². The lowest BCUT2D eigenvalue weighted by atomic mass is 9.78. The third-order valence-corrected chi connectivity index (χ3v) is 4.48. The molecule has 80 valence electrons. The molecule has 2 aliphatic carbocycles. The SMILES string of the molecule is NC(CN1CC2(CCCC2)C1)C1CC1.